The summed E-state index contributed by atoms with van der Waals surface area (Å²) in [6, 6.07) is 14.6. The first kappa shape index (κ1) is 22.0. The minimum Gasteiger partial charge on any atom is -0.439 e. The highest BCUT2D eigenvalue weighted by atomic mass is 19.4. The Hall–Kier alpha value is -4.21. The van der Waals surface area contributed by atoms with Crippen LogP contribution in [0, 0.1) is 6.92 Å². The van der Waals surface area contributed by atoms with E-state index in [2.05, 4.69) is 20.4 Å². The van der Waals surface area contributed by atoms with Gasteiger partial charge in [0.15, 0.2) is 5.82 Å². The molecule has 2 aromatic carbocycles. The van der Waals surface area contributed by atoms with Gasteiger partial charge in [-0.3, -0.25) is 4.79 Å². The summed E-state index contributed by atoms with van der Waals surface area (Å²) in [6.45, 7) is 1.75. The lowest BCUT2D eigenvalue weighted by molar-refractivity contribution is -0.137. The average Bonchev–Trinajstić information content (AvgIpc) is 3.29. The molecule has 7 nitrogen and oxygen atoms in total. The number of hydrogen-bond donors (Lipinski definition) is 1. The number of aryl methyl sites for hydroxylation is 1. The van der Waals surface area contributed by atoms with Crippen LogP contribution in [0.15, 0.2) is 73.1 Å². The van der Waals surface area contributed by atoms with E-state index in [1.165, 1.54) is 12.1 Å². The molecule has 0 saturated heterocycles. The Morgan fingerprint density at radius 1 is 1.06 bits per heavy atom. The van der Waals surface area contributed by atoms with E-state index < -0.39 is 11.7 Å². The highest BCUT2D eigenvalue weighted by molar-refractivity contribution is 5.92. The van der Waals surface area contributed by atoms with Gasteiger partial charge in [-0.2, -0.15) is 23.3 Å². The number of amides is 1. The summed E-state index contributed by atoms with van der Waals surface area (Å²) in [4.78, 5) is 20.8. The predicted molar refractivity (Wildman–Crippen MR) is 114 cm³/mol. The van der Waals surface area contributed by atoms with Gasteiger partial charge in [-0.1, -0.05) is 12.1 Å². The number of nitrogens with zero attached hydrogens (tertiary/aromatic N) is 4. The Morgan fingerprint density at radius 2 is 1.79 bits per heavy atom. The van der Waals surface area contributed by atoms with Crippen molar-refractivity contribution in [2.24, 2.45) is 0 Å². The number of rotatable bonds is 6. The van der Waals surface area contributed by atoms with Crippen molar-refractivity contribution >= 4 is 11.6 Å². The van der Waals surface area contributed by atoms with Crippen LogP contribution in [0.25, 0.3) is 5.82 Å². The molecule has 1 amide bonds. The second-order valence-electron chi connectivity index (χ2n) is 7.11. The van der Waals surface area contributed by atoms with E-state index in [9.17, 15) is 18.0 Å². The Labute approximate surface area is 186 Å². The fourth-order valence-electron chi connectivity index (χ4n) is 3.03. The smallest absolute Gasteiger partial charge is 0.416 e. The van der Waals surface area contributed by atoms with Crippen molar-refractivity contribution in [3.8, 4) is 17.4 Å². The van der Waals surface area contributed by atoms with E-state index in [4.69, 9.17) is 4.74 Å². The average molecular weight is 453 g/mol. The van der Waals surface area contributed by atoms with E-state index in [0.717, 1.165) is 12.1 Å². The maximum atomic E-state index is 12.6. The van der Waals surface area contributed by atoms with Gasteiger partial charge in [0.2, 0.25) is 11.8 Å². The second-order valence-corrected chi connectivity index (χ2v) is 7.11. The van der Waals surface area contributed by atoms with Crippen molar-refractivity contribution in [2.75, 3.05) is 5.32 Å². The Balaban J connectivity index is 1.37. The Kier molecular flexibility index (Phi) is 6.07. The zero-order valence-corrected chi connectivity index (χ0v) is 17.4. The van der Waals surface area contributed by atoms with Crippen molar-refractivity contribution in [3.05, 3.63) is 90.0 Å². The van der Waals surface area contributed by atoms with Crippen molar-refractivity contribution in [1.29, 1.82) is 0 Å². The summed E-state index contributed by atoms with van der Waals surface area (Å²) < 4.78 is 45.3. The number of halogens is 3. The minimum absolute atomic E-state index is 0.0488. The summed E-state index contributed by atoms with van der Waals surface area (Å²) in [6.07, 6.45) is -1.06. The van der Waals surface area contributed by atoms with Crippen LogP contribution < -0.4 is 10.1 Å². The van der Waals surface area contributed by atoms with E-state index >= 15 is 0 Å². The molecule has 168 valence electrons. The molecule has 0 aliphatic rings. The molecule has 1 N–H and O–H groups in total. The third kappa shape index (κ3) is 5.73. The fourth-order valence-corrected chi connectivity index (χ4v) is 3.03. The van der Waals surface area contributed by atoms with Gasteiger partial charge < -0.3 is 10.1 Å². The van der Waals surface area contributed by atoms with Crippen LogP contribution in [0.2, 0.25) is 0 Å². The van der Waals surface area contributed by atoms with Crippen LogP contribution in [0.5, 0.6) is 11.6 Å². The molecule has 10 heteroatoms. The number of carbonyl (C=O) groups excluding carboxylic acids is 1. The van der Waals surface area contributed by atoms with Gasteiger partial charge in [0.1, 0.15) is 11.6 Å². The van der Waals surface area contributed by atoms with Crippen LogP contribution in [0.1, 0.15) is 17.0 Å². The number of aromatic nitrogens is 4. The first-order valence-corrected chi connectivity index (χ1v) is 9.86. The van der Waals surface area contributed by atoms with Crippen LogP contribution in [-0.2, 0) is 17.4 Å². The van der Waals surface area contributed by atoms with Gasteiger partial charge in [-0.25, -0.2) is 9.67 Å². The number of anilines is 1. The lowest BCUT2D eigenvalue weighted by Gasteiger charge is -2.10. The maximum Gasteiger partial charge on any atom is 0.416 e. The molecule has 0 bridgehead atoms. The van der Waals surface area contributed by atoms with Gasteiger partial charge in [0, 0.05) is 24.1 Å². The summed E-state index contributed by atoms with van der Waals surface area (Å²) in [5.74, 6) is 1.57. The largest absolute Gasteiger partial charge is 0.439 e. The van der Waals surface area contributed by atoms with Crippen molar-refractivity contribution in [2.45, 2.75) is 19.5 Å². The van der Waals surface area contributed by atoms with Crippen LogP contribution in [-0.4, -0.2) is 25.7 Å². The molecule has 0 spiro atoms. The predicted octanol–water partition coefficient (Wildman–Crippen LogP) is 4.96. The molecule has 2 heterocycles. The monoisotopic (exact) mass is 453 g/mol. The summed E-state index contributed by atoms with van der Waals surface area (Å²) in [7, 11) is 0. The topological polar surface area (TPSA) is 81.9 Å². The lowest BCUT2D eigenvalue weighted by atomic mass is 10.1. The number of benzene rings is 2. The first-order valence-electron chi connectivity index (χ1n) is 9.86. The van der Waals surface area contributed by atoms with Gasteiger partial charge >= 0.3 is 6.18 Å². The molecule has 0 fully saturated rings. The minimum atomic E-state index is -4.41. The molecule has 2 aromatic heterocycles. The first-order chi connectivity index (χ1) is 15.8. The molecular formula is C23H18F3N5O2. The number of ether oxygens (including phenoxy) is 1. The Bertz CT molecular complexity index is 1240. The molecule has 0 aliphatic carbocycles. The lowest BCUT2D eigenvalue weighted by Crippen LogP contribution is -2.14. The van der Waals surface area contributed by atoms with E-state index in [1.807, 2.05) is 0 Å². The third-order valence-electron chi connectivity index (χ3n) is 4.55. The molecule has 0 radical (unpaired) electrons. The van der Waals surface area contributed by atoms with Gasteiger partial charge in [0.25, 0.3) is 0 Å². The number of carbonyl (C=O) groups is 1. The highest BCUT2D eigenvalue weighted by Crippen LogP contribution is 2.29. The standard InChI is InChI=1S/C23H18F3N5O2/c1-15-28-20(31-12-2-11-27-31)14-22(29-15)33-19-9-7-18(8-10-19)30-21(32)13-16-3-5-17(6-4-16)23(24,25)26/h2-12,14H,13H2,1H3,(H,30,32). The molecule has 0 aliphatic heterocycles. The molecular weight excluding hydrogens is 435 g/mol. The zero-order valence-electron chi connectivity index (χ0n) is 17.4. The van der Waals surface area contributed by atoms with Crippen LogP contribution in [0.4, 0.5) is 18.9 Å². The third-order valence-corrected chi connectivity index (χ3v) is 4.55. The number of nitrogens with one attached hydrogen (secondary N) is 1. The number of hydrogen-bond acceptors (Lipinski definition) is 5. The summed E-state index contributed by atoms with van der Waals surface area (Å²) in [5, 5.41) is 6.85. The van der Waals surface area contributed by atoms with Crippen molar-refractivity contribution in [3.63, 3.8) is 0 Å². The number of alkyl halides is 3. The molecule has 0 saturated carbocycles. The van der Waals surface area contributed by atoms with Gasteiger partial charge in [-0.15, -0.1) is 0 Å². The molecule has 33 heavy (non-hydrogen) atoms. The van der Waals surface area contributed by atoms with Crippen molar-refractivity contribution < 1.29 is 22.7 Å². The quantitative estimate of drug-likeness (QED) is 0.446. The molecule has 4 rings (SSSR count). The van der Waals surface area contributed by atoms with E-state index in [0.29, 0.717) is 34.5 Å². The van der Waals surface area contributed by atoms with E-state index in [-0.39, 0.29) is 12.3 Å². The maximum absolute atomic E-state index is 12.6. The summed E-state index contributed by atoms with van der Waals surface area (Å²) in [5.41, 5.74) is 0.251. The summed E-state index contributed by atoms with van der Waals surface area (Å²) >= 11 is 0. The van der Waals surface area contributed by atoms with Gasteiger partial charge in [-0.05, 0) is 55.0 Å². The van der Waals surface area contributed by atoms with Crippen LogP contribution >= 0.6 is 0 Å². The molecule has 0 unspecified atom stereocenters. The zero-order chi connectivity index (χ0) is 23.4. The normalized spacial score (nSPS) is 11.3. The molecule has 0 atom stereocenters. The SMILES string of the molecule is Cc1nc(Oc2ccc(NC(=O)Cc3ccc(C(F)(F)F)cc3)cc2)cc(-n2cccn2)n1. The van der Waals surface area contributed by atoms with E-state index in [1.54, 1.807) is 60.4 Å². The molecule has 4 aromatic rings. The van der Waals surface area contributed by atoms with Crippen molar-refractivity contribution in [1.82, 2.24) is 19.7 Å². The fraction of sp³-hybridized carbons (Fsp3) is 0.130. The second kappa shape index (κ2) is 9.11. The van der Waals surface area contributed by atoms with Gasteiger partial charge in [0.05, 0.1) is 12.0 Å². The van der Waals surface area contributed by atoms with Crippen LogP contribution in [0.3, 0.4) is 0 Å². The highest BCUT2D eigenvalue weighted by Gasteiger charge is 2.29. The Morgan fingerprint density at radius 3 is 2.42 bits per heavy atom.